The van der Waals surface area contributed by atoms with Crippen molar-refractivity contribution in [2.24, 2.45) is 0 Å². The Morgan fingerprint density at radius 3 is 2.67 bits per heavy atom. The van der Waals surface area contributed by atoms with Crippen molar-refractivity contribution in [1.82, 2.24) is 15.3 Å². The van der Waals surface area contributed by atoms with Crippen LogP contribution in [-0.2, 0) is 6.54 Å². The molecule has 0 fully saturated rings. The number of nitrogens with one attached hydrogen (secondary N) is 1. The fraction of sp³-hybridized carbons (Fsp3) is 0.375. The Labute approximate surface area is 125 Å². The number of hydrogen-bond donors (Lipinski definition) is 1. The highest BCUT2D eigenvalue weighted by Crippen LogP contribution is 2.09. The molecule has 0 amide bonds. The smallest absolute Gasteiger partial charge is 0.232 e. The first-order valence-electron chi connectivity index (χ1n) is 7.21. The van der Waals surface area contributed by atoms with Crippen molar-refractivity contribution in [2.75, 3.05) is 19.8 Å². The molecule has 0 spiro atoms. The highest BCUT2D eigenvalue weighted by Gasteiger charge is 2.00. The van der Waals surface area contributed by atoms with Crippen molar-refractivity contribution in [2.45, 2.75) is 19.9 Å². The van der Waals surface area contributed by atoms with E-state index >= 15 is 0 Å². The van der Waals surface area contributed by atoms with Gasteiger partial charge in [0.25, 0.3) is 0 Å². The number of para-hydroxylation sites is 1. The average Bonchev–Trinajstić information content (AvgIpc) is 2.53. The van der Waals surface area contributed by atoms with Crippen LogP contribution in [0.2, 0.25) is 0 Å². The van der Waals surface area contributed by atoms with Crippen molar-refractivity contribution < 1.29 is 9.47 Å². The zero-order valence-electron chi connectivity index (χ0n) is 12.3. The van der Waals surface area contributed by atoms with Crippen molar-refractivity contribution in [3.05, 3.63) is 48.4 Å². The van der Waals surface area contributed by atoms with Crippen LogP contribution in [0.5, 0.6) is 11.6 Å². The van der Waals surface area contributed by atoms with Crippen molar-refractivity contribution in [3.63, 3.8) is 0 Å². The molecule has 0 aliphatic carbocycles. The normalized spacial score (nSPS) is 10.3. The first-order chi connectivity index (χ1) is 10.4. The molecule has 1 N–H and O–H groups in total. The summed E-state index contributed by atoms with van der Waals surface area (Å²) in [6.07, 6.45) is 4.46. The first kappa shape index (κ1) is 15.3. The Kier molecular flexibility index (Phi) is 6.48. The van der Waals surface area contributed by atoms with Gasteiger partial charge in [-0.25, -0.2) is 4.98 Å². The predicted octanol–water partition coefficient (Wildman–Crippen LogP) is 2.43. The number of benzene rings is 1. The molecule has 1 aromatic carbocycles. The van der Waals surface area contributed by atoms with E-state index in [2.05, 4.69) is 22.2 Å². The number of nitrogens with zero attached hydrogens (tertiary/aromatic N) is 2. The van der Waals surface area contributed by atoms with E-state index < -0.39 is 0 Å². The summed E-state index contributed by atoms with van der Waals surface area (Å²) in [7, 11) is 0. The minimum atomic E-state index is 0.440. The van der Waals surface area contributed by atoms with Crippen LogP contribution < -0.4 is 14.8 Å². The van der Waals surface area contributed by atoms with Gasteiger partial charge in [-0.05, 0) is 25.1 Å². The van der Waals surface area contributed by atoms with E-state index in [4.69, 9.17) is 9.47 Å². The minimum absolute atomic E-state index is 0.440. The van der Waals surface area contributed by atoms with Gasteiger partial charge in [-0.15, -0.1) is 0 Å². The highest BCUT2D eigenvalue weighted by atomic mass is 16.5. The van der Waals surface area contributed by atoms with Gasteiger partial charge in [0, 0.05) is 12.7 Å². The summed E-state index contributed by atoms with van der Waals surface area (Å²) in [5.74, 6) is 1.37. The van der Waals surface area contributed by atoms with Crippen LogP contribution in [0.25, 0.3) is 0 Å². The Hall–Kier alpha value is -2.14. The fourth-order valence-corrected chi connectivity index (χ4v) is 1.76. The molecule has 112 valence electrons. The summed E-state index contributed by atoms with van der Waals surface area (Å²) in [6, 6.07) is 9.67. The van der Waals surface area contributed by atoms with Crippen molar-refractivity contribution in [3.8, 4) is 11.6 Å². The highest BCUT2D eigenvalue weighted by molar-refractivity contribution is 5.20. The summed E-state index contributed by atoms with van der Waals surface area (Å²) in [4.78, 5) is 8.52. The number of hydrogen-bond acceptors (Lipinski definition) is 5. The van der Waals surface area contributed by atoms with E-state index in [1.807, 2.05) is 30.3 Å². The summed E-state index contributed by atoms with van der Waals surface area (Å²) >= 11 is 0. The molecule has 1 aromatic heterocycles. The molecule has 0 aliphatic rings. The lowest BCUT2D eigenvalue weighted by molar-refractivity contribution is 0.211. The zero-order chi connectivity index (χ0) is 14.8. The molecule has 5 heteroatoms. The molecule has 0 radical (unpaired) electrons. The monoisotopic (exact) mass is 287 g/mol. The molecule has 5 nitrogen and oxygen atoms in total. The van der Waals surface area contributed by atoms with E-state index in [1.165, 1.54) is 0 Å². The molecule has 0 atom stereocenters. The number of ether oxygens (including phenoxy) is 2. The molecule has 21 heavy (non-hydrogen) atoms. The van der Waals surface area contributed by atoms with Gasteiger partial charge in [-0.3, -0.25) is 4.98 Å². The lowest BCUT2D eigenvalue weighted by Crippen LogP contribution is -2.16. The Morgan fingerprint density at radius 1 is 1.05 bits per heavy atom. The van der Waals surface area contributed by atoms with Crippen LogP contribution in [0.4, 0.5) is 0 Å². The second-order valence-corrected chi connectivity index (χ2v) is 4.54. The second-order valence-electron chi connectivity index (χ2n) is 4.54. The van der Waals surface area contributed by atoms with E-state index in [0.29, 0.717) is 25.6 Å². The van der Waals surface area contributed by atoms with Crippen molar-refractivity contribution in [1.29, 1.82) is 0 Å². The maximum Gasteiger partial charge on any atom is 0.232 e. The fourth-order valence-electron chi connectivity index (χ4n) is 1.76. The number of aromatic nitrogens is 2. The van der Waals surface area contributed by atoms with Crippen LogP contribution in [0, 0.1) is 0 Å². The van der Waals surface area contributed by atoms with E-state index in [0.717, 1.165) is 24.4 Å². The summed E-state index contributed by atoms with van der Waals surface area (Å²) < 4.78 is 11.1. The van der Waals surface area contributed by atoms with Gasteiger partial charge in [-0.2, -0.15) is 0 Å². The van der Waals surface area contributed by atoms with Crippen LogP contribution in [0.15, 0.2) is 42.7 Å². The molecule has 2 aromatic rings. The van der Waals surface area contributed by atoms with Gasteiger partial charge in [-0.1, -0.05) is 25.1 Å². The van der Waals surface area contributed by atoms with E-state index in [9.17, 15) is 0 Å². The summed E-state index contributed by atoms with van der Waals surface area (Å²) in [5, 5.41) is 3.28. The maximum atomic E-state index is 5.55. The molecular formula is C16H21N3O2. The third-order valence-electron chi connectivity index (χ3n) is 2.74. The second kappa shape index (κ2) is 8.92. The largest absolute Gasteiger partial charge is 0.490 e. The summed E-state index contributed by atoms with van der Waals surface area (Å²) in [6.45, 7) is 4.72. The maximum absolute atomic E-state index is 5.55. The van der Waals surface area contributed by atoms with Crippen LogP contribution in [-0.4, -0.2) is 29.7 Å². The molecule has 0 unspecified atom stereocenters. The Bertz CT molecular complexity index is 520. The quantitative estimate of drug-likeness (QED) is 0.718. The van der Waals surface area contributed by atoms with E-state index in [1.54, 1.807) is 12.4 Å². The Morgan fingerprint density at radius 2 is 1.86 bits per heavy atom. The SMILES string of the molecule is CCCNCc1cncc(OCCOc2ccccc2)n1. The molecule has 0 aliphatic heterocycles. The van der Waals surface area contributed by atoms with Crippen LogP contribution in [0.1, 0.15) is 19.0 Å². The lowest BCUT2D eigenvalue weighted by atomic mass is 10.3. The van der Waals surface area contributed by atoms with Gasteiger partial charge in [0.15, 0.2) is 0 Å². The van der Waals surface area contributed by atoms with Crippen LogP contribution >= 0.6 is 0 Å². The van der Waals surface area contributed by atoms with E-state index in [-0.39, 0.29) is 0 Å². The molecule has 0 bridgehead atoms. The third-order valence-corrected chi connectivity index (χ3v) is 2.74. The zero-order valence-corrected chi connectivity index (χ0v) is 12.3. The molecule has 0 saturated heterocycles. The van der Waals surface area contributed by atoms with Gasteiger partial charge in [0.1, 0.15) is 19.0 Å². The minimum Gasteiger partial charge on any atom is -0.490 e. The molecule has 2 rings (SSSR count). The van der Waals surface area contributed by atoms with Gasteiger partial charge in [0.2, 0.25) is 5.88 Å². The number of rotatable bonds is 9. The standard InChI is InChI=1S/C16H21N3O2/c1-2-8-17-11-14-12-18-13-16(19-14)21-10-9-20-15-6-4-3-5-7-15/h3-7,12-13,17H,2,8-11H2,1H3. The van der Waals surface area contributed by atoms with Gasteiger partial charge < -0.3 is 14.8 Å². The first-order valence-corrected chi connectivity index (χ1v) is 7.21. The Balaban J connectivity index is 1.71. The topological polar surface area (TPSA) is 56.3 Å². The van der Waals surface area contributed by atoms with Gasteiger partial charge >= 0.3 is 0 Å². The third kappa shape index (κ3) is 5.79. The predicted molar refractivity (Wildman–Crippen MR) is 81.5 cm³/mol. The molecular weight excluding hydrogens is 266 g/mol. The van der Waals surface area contributed by atoms with Gasteiger partial charge in [0.05, 0.1) is 11.9 Å². The average molecular weight is 287 g/mol. The lowest BCUT2D eigenvalue weighted by Gasteiger charge is -2.08. The molecule has 1 heterocycles. The van der Waals surface area contributed by atoms with Crippen molar-refractivity contribution >= 4 is 0 Å². The molecule has 0 saturated carbocycles. The van der Waals surface area contributed by atoms with Crippen LogP contribution in [0.3, 0.4) is 0 Å². The summed E-state index contributed by atoms with van der Waals surface area (Å²) in [5.41, 5.74) is 0.880.